The minimum Gasteiger partial charge on any atom is -0.466 e. The fourth-order valence-corrected chi connectivity index (χ4v) is 6.82. The van der Waals surface area contributed by atoms with E-state index in [1.165, 1.54) is 34.4 Å². The minimum absolute atomic E-state index is 0.00204. The number of carbonyl (C=O) groups is 4. The van der Waals surface area contributed by atoms with Gasteiger partial charge in [0, 0.05) is 41.5 Å². The lowest BCUT2D eigenvalue weighted by molar-refractivity contribution is -0.142. The van der Waals surface area contributed by atoms with Crippen molar-refractivity contribution >= 4 is 69.2 Å². The molecule has 14 heteroatoms. The lowest BCUT2D eigenvalue weighted by Crippen LogP contribution is -2.53. The second-order valence-electron chi connectivity index (χ2n) is 10.2. The molecular weight excluding hydrogens is 615 g/mol. The van der Waals surface area contributed by atoms with Crippen molar-refractivity contribution in [2.24, 2.45) is 0 Å². The highest BCUT2D eigenvalue weighted by Crippen LogP contribution is 2.46. The molecule has 1 N–H and O–H groups in total. The van der Waals surface area contributed by atoms with E-state index in [0.717, 1.165) is 10.5 Å². The molecule has 222 valence electrons. The number of hydrogen-bond donors (Lipinski definition) is 1. The fourth-order valence-electron chi connectivity index (χ4n) is 5.58. The molecule has 0 saturated carbocycles. The van der Waals surface area contributed by atoms with E-state index < -0.39 is 29.4 Å². The summed E-state index contributed by atoms with van der Waals surface area (Å²) in [5, 5.41) is 14.6. The van der Waals surface area contributed by atoms with Crippen LogP contribution in [-0.2, 0) is 25.5 Å². The quantitative estimate of drug-likeness (QED) is 0.284. The van der Waals surface area contributed by atoms with Gasteiger partial charge in [0.15, 0.2) is 5.13 Å². The molecule has 2 fully saturated rings. The van der Waals surface area contributed by atoms with Crippen LogP contribution in [0.4, 0.5) is 15.6 Å². The number of nitriles is 1. The largest absolute Gasteiger partial charge is 0.466 e. The highest BCUT2D eigenvalue weighted by Gasteiger charge is 2.64. The highest BCUT2D eigenvalue weighted by molar-refractivity contribution is 7.13. The Morgan fingerprint density at radius 3 is 2.53 bits per heavy atom. The maximum Gasteiger partial charge on any atom is 0.332 e. The van der Waals surface area contributed by atoms with E-state index >= 15 is 0 Å². The summed E-state index contributed by atoms with van der Waals surface area (Å²) in [7, 11) is 1.56. The maximum absolute atomic E-state index is 14.3. The van der Waals surface area contributed by atoms with E-state index in [4.69, 9.17) is 27.9 Å². The Bertz CT molecular complexity index is 1620. The number of urea groups is 1. The van der Waals surface area contributed by atoms with Crippen molar-refractivity contribution in [2.45, 2.75) is 24.8 Å². The van der Waals surface area contributed by atoms with Gasteiger partial charge in [-0.3, -0.25) is 19.3 Å². The molecule has 2 saturated heterocycles. The lowest BCUT2D eigenvalue weighted by atomic mass is 9.80. The van der Waals surface area contributed by atoms with E-state index in [-0.39, 0.29) is 54.3 Å². The number of carbonyl (C=O) groups excluding carboxylic acids is 4. The number of benzene rings is 2. The molecule has 0 unspecified atom stereocenters. The third kappa shape index (κ3) is 5.94. The second-order valence-corrected chi connectivity index (χ2v) is 11.9. The Labute approximate surface area is 261 Å². The number of thiazole rings is 1. The Morgan fingerprint density at radius 2 is 1.88 bits per heavy atom. The molecule has 2 aliphatic heterocycles. The summed E-state index contributed by atoms with van der Waals surface area (Å²) in [6.45, 7) is 2.25. The lowest BCUT2D eigenvalue weighted by Gasteiger charge is -2.34. The van der Waals surface area contributed by atoms with Crippen molar-refractivity contribution in [3.05, 3.63) is 74.7 Å². The average molecular weight is 642 g/mol. The number of anilines is 2. The van der Waals surface area contributed by atoms with Gasteiger partial charge in [0.05, 0.1) is 42.6 Å². The Balaban J connectivity index is 1.41. The van der Waals surface area contributed by atoms with Crippen LogP contribution in [-0.4, -0.2) is 77.4 Å². The second kappa shape index (κ2) is 12.3. The van der Waals surface area contributed by atoms with Gasteiger partial charge in [-0.1, -0.05) is 35.3 Å². The Hall–Kier alpha value is -4.02. The molecular formula is C29H26Cl2N6O5S. The number of nitrogens with one attached hydrogen (secondary N) is 1. The first kappa shape index (κ1) is 30.4. The molecule has 5 rings (SSSR count). The smallest absolute Gasteiger partial charge is 0.332 e. The third-order valence-electron chi connectivity index (χ3n) is 7.48. The summed E-state index contributed by atoms with van der Waals surface area (Å²) < 4.78 is 4.95. The number of likely N-dealkylation sites (N-methyl/N-ethyl adjacent to an activating group) is 1. The standard InChI is InChI=1S/C29H26Cl2N6O5S/c1-3-42-25(39)11-21-15-43-27(33-21)34-24(38)14-36-13-23(18-6-4-17(12-32)5-7-18)29(16-36)26(40)37(28(41)35(29)2)22-9-19(30)8-20(31)10-22/h4-10,15,23H,3,11,13-14,16H2,1-2H3,(H,33,34,38)/t23-,29+/m0/s1. The van der Waals surface area contributed by atoms with Gasteiger partial charge in [0.25, 0.3) is 5.91 Å². The molecule has 0 bridgehead atoms. The molecule has 11 nitrogen and oxygen atoms in total. The van der Waals surface area contributed by atoms with E-state index in [1.54, 1.807) is 43.6 Å². The Morgan fingerprint density at radius 1 is 1.19 bits per heavy atom. The van der Waals surface area contributed by atoms with Crippen LogP contribution < -0.4 is 10.2 Å². The van der Waals surface area contributed by atoms with Crippen molar-refractivity contribution in [3.63, 3.8) is 0 Å². The van der Waals surface area contributed by atoms with Gasteiger partial charge in [0.1, 0.15) is 5.54 Å². The minimum atomic E-state index is -1.35. The average Bonchev–Trinajstić information content (AvgIpc) is 3.61. The number of aromatic nitrogens is 1. The Kier molecular flexibility index (Phi) is 8.71. The molecule has 0 aliphatic carbocycles. The third-order valence-corrected chi connectivity index (χ3v) is 8.72. The van der Waals surface area contributed by atoms with Crippen molar-refractivity contribution in [2.75, 3.05) is 43.5 Å². The van der Waals surface area contributed by atoms with Gasteiger partial charge in [-0.2, -0.15) is 5.26 Å². The topological polar surface area (TPSA) is 136 Å². The predicted octanol–water partition coefficient (Wildman–Crippen LogP) is 4.30. The van der Waals surface area contributed by atoms with Crippen LogP contribution in [0.1, 0.15) is 29.7 Å². The predicted molar refractivity (Wildman–Crippen MR) is 161 cm³/mol. The molecule has 4 amide bonds. The first-order valence-corrected chi connectivity index (χ1v) is 14.9. The first-order valence-electron chi connectivity index (χ1n) is 13.3. The normalized spacial score (nSPS) is 20.1. The fraction of sp³-hybridized carbons (Fsp3) is 0.310. The number of rotatable bonds is 8. The molecule has 1 spiro atoms. The van der Waals surface area contributed by atoms with Crippen molar-refractivity contribution in [3.8, 4) is 6.07 Å². The number of ether oxygens (including phenoxy) is 1. The number of halogens is 2. The number of imide groups is 1. The monoisotopic (exact) mass is 640 g/mol. The van der Waals surface area contributed by atoms with Crippen LogP contribution in [0.3, 0.4) is 0 Å². The van der Waals surface area contributed by atoms with Crippen molar-refractivity contribution < 1.29 is 23.9 Å². The zero-order valence-electron chi connectivity index (χ0n) is 23.2. The number of nitrogens with zero attached hydrogens (tertiary/aromatic N) is 5. The van der Waals surface area contributed by atoms with Gasteiger partial charge in [-0.15, -0.1) is 11.3 Å². The van der Waals surface area contributed by atoms with Crippen LogP contribution >= 0.6 is 34.5 Å². The summed E-state index contributed by atoms with van der Waals surface area (Å²) in [5.41, 5.74) is 0.569. The van der Waals surface area contributed by atoms with E-state index in [2.05, 4.69) is 16.4 Å². The van der Waals surface area contributed by atoms with Crippen molar-refractivity contribution in [1.82, 2.24) is 14.8 Å². The summed E-state index contributed by atoms with van der Waals surface area (Å²) >= 11 is 13.6. The number of amides is 4. The first-order chi connectivity index (χ1) is 20.5. The maximum atomic E-state index is 14.3. The van der Waals surface area contributed by atoms with Crippen LogP contribution in [0.15, 0.2) is 47.8 Å². The highest BCUT2D eigenvalue weighted by atomic mass is 35.5. The van der Waals surface area contributed by atoms with Crippen LogP contribution in [0.25, 0.3) is 0 Å². The molecule has 0 radical (unpaired) electrons. The molecule has 1 aromatic heterocycles. The number of esters is 1. The molecule has 43 heavy (non-hydrogen) atoms. The zero-order chi connectivity index (χ0) is 30.9. The molecule has 2 atom stereocenters. The molecule has 3 heterocycles. The van der Waals surface area contributed by atoms with E-state index in [9.17, 15) is 24.4 Å². The van der Waals surface area contributed by atoms with Gasteiger partial charge >= 0.3 is 12.0 Å². The van der Waals surface area contributed by atoms with Crippen LogP contribution in [0, 0.1) is 11.3 Å². The van der Waals surface area contributed by atoms with Crippen LogP contribution in [0.2, 0.25) is 10.0 Å². The summed E-state index contributed by atoms with van der Waals surface area (Å²) in [6, 6.07) is 12.9. The SMILES string of the molecule is CCOC(=O)Cc1csc(NC(=O)CN2C[C@@H](c3ccc(C#N)cc3)[C@]3(C2)C(=O)N(c2cc(Cl)cc(Cl)c2)C(=O)N3C)n1. The molecule has 2 aromatic carbocycles. The number of hydrogen-bond acceptors (Lipinski definition) is 9. The van der Waals surface area contributed by atoms with E-state index in [1.807, 2.05) is 4.90 Å². The molecule has 3 aromatic rings. The van der Waals surface area contributed by atoms with E-state index in [0.29, 0.717) is 16.4 Å². The van der Waals surface area contributed by atoms with Crippen LogP contribution in [0.5, 0.6) is 0 Å². The zero-order valence-corrected chi connectivity index (χ0v) is 25.5. The summed E-state index contributed by atoms with van der Waals surface area (Å²) in [5.74, 6) is -1.77. The van der Waals surface area contributed by atoms with Gasteiger partial charge in [-0.25, -0.2) is 14.7 Å². The molecule has 2 aliphatic rings. The number of likely N-dealkylation sites (tertiary alicyclic amines) is 1. The van der Waals surface area contributed by atoms with Gasteiger partial charge in [0.2, 0.25) is 5.91 Å². The summed E-state index contributed by atoms with van der Waals surface area (Å²) in [4.78, 5) is 61.4. The van der Waals surface area contributed by atoms with Crippen molar-refractivity contribution in [1.29, 1.82) is 5.26 Å². The van der Waals surface area contributed by atoms with Gasteiger partial charge in [-0.05, 0) is 42.8 Å². The summed E-state index contributed by atoms with van der Waals surface area (Å²) in [6.07, 6.45) is -0.00204. The van der Waals surface area contributed by atoms with Gasteiger partial charge < -0.3 is 15.0 Å².